The van der Waals surface area contributed by atoms with Crippen LogP contribution in [0, 0.1) is 13.8 Å². The smallest absolute Gasteiger partial charge is 0.279 e. The van der Waals surface area contributed by atoms with Gasteiger partial charge in [-0.2, -0.15) is 0 Å². The largest absolute Gasteiger partial charge is 0.480 e. The van der Waals surface area contributed by atoms with Crippen molar-refractivity contribution in [3.63, 3.8) is 0 Å². The van der Waals surface area contributed by atoms with E-state index in [0.29, 0.717) is 20.9 Å². The molecule has 0 saturated heterocycles. The summed E-state index contributed by atoms with van der Waals surface area (Å²) in [5.41, 5.74) is 7.25. The van der Waals surface area contributed by atoms with Gasteiger partial charge in [-0.3, -0.25) is 25.2 Å². The van der Waals surface area contributed by atoms with E-state index in [1.165, 1.54) is 0 Å². The van der Waals surface area contributed by atoms with Gasteiger partial charge in [-0.1, -0.05) is 23.7 Å². The number of hydrazine groups is 1. The summed E-state index contributed by atoms with van der Waals surface area (Å²) in [6.45, 7) is 5.37. The maximum absolute atomic E-state index is 12.1. The van der Waals surface area contributed by atoms with Crippen LogP contribution in [-0.4, -0.2) is 23.8 Å². The molecule has 0 aliphatic heterocycles. The number of benzene rings is 2. The zero-order valence-electron chi connectivity index (χ0n) is 16.8. The first-order valence-corrected chi connectivity index (χ1v) is 10.4. The Hall–Kier alpha value is -2.58. The van der Waals surface area contributed by atoms with Crippen LogP contribution in [0.3, 0.4) is 0 Å². The van der Waals surface area contributed by atoms with Crippen molar-refractivity contribution >= 4 is 50.9 Å². The highest BCUT2D eigenvalue weighted by Crippen LogP contribution is 2.28. The Labute approximate surface area is 188 Å². The molecule has 2 aromatic rings. The third-order valence-electron chi connectivity index (χ3n) is 4.14. The standard InChI is InChI=1S/C21H23BrClN3O4/c1-12-4-5-13(2)17(10-12)24-19(27)8-9-20(28)25-26-21(29)14(3)30-18-7-6-15(23)11-16(18)22/h4-7,10-11,14H,8-9H2,1-3H3,(H,24,27)(H,25,28)(H,26,29). The average Bonchev–Trinajstić information content (AvgIpc) is 2.69. The molecule has 0 fully saturated rings. The first-order chi connectivity index (χ1) is 14.2. The van der Waals surface area contributed by atoms with Gasteiger partial charge < -0.3 is 10.1 Å². The summed E-state index contributed by atoms with van der Waals surface area (Å²) in [5, 5.41) is 3.31. The fourth-order valence-electron chi connectivity index (χ4n) is 2.42. The molecule has 0 heterocycles. The minimum absolute atomic E-state index is 0.0150. The van der Waals surface area contributed by atoms with Crippen molar-refractivity contribution < 1.29 is 19.1 Å². The van der Waals surface area contributed by atoms with Gasteiger partial charge in [0.25, 0.3) is 5.91 Å². The van der Waals surface area contributed by atoms with Crippen LogP contribution >= 0.6 is 27.5 Å². The predicted molar refractivity (Wildman–Crippen MR) is 119 cm³/mol. The lowest BCUT2D eigenvalue weighted by atomic mass is 10.1. The Kier molecular flexibility index (Phi) is 8.68. The number of anilines is 1. The van der Waals surface area contributed by atoms with Crippen molar-refractivity contribution in [1.82, 2.24) is 10.9 Å². The van der Waals surface area contributed by atoms with E-state index in [9.17, 15) is 14.4 Å². The number of carbonyl (C=O) groups excluding carboxylic acids is 3. The minimum atomic E-state index is -0.865. The van der Waals surface area contributed by atoms with Crippen LogP contribution in [0.1, 0.15) is 30.9 Å². The highest BCUT2D eigenvalue weighted by Gasteiger charge is 2.17. The monoisotopic (exact) mass is 495 g/mol. The van der Waals surface area contributed by atoms with E-state index in [2.05, 4.69) is 32.1 Å². The zero-order valence-corrected chi connectivity index (χ0v) is 19.2. The molecule has 3 N–H and O–H groups in total. The quantitative estimate of drug-likeness (QED) is 0.504. The van der Waals surface area contributed by atoms with E-state index in [1.807, 2.05) is 32.0 Å². The predicted octanol–water partition coefficient (Wildman–Crippen LogP) is 4.05. The first-order valence-electron chi connectivity index (χ1n) is 9.23. The molecule has 0 saturated carbocycles. The van der Waals surface area contributed by atoms with Crippen LogP contribution in [0.4, 0.5) is 5.69 Å². The van der Waals surface area contributed by atoms with Crippen molar-refractivity contribution in [2.24, 2.45) is 0 Å². The molecule has 160 valence electrons. The van der Waals surface area contributed by atoms with E-state index in [1.54, 1.807) is 25.1 Å². The first kappa shape index (κ1) is 23.7. The SMILES string of the molecule is Cc1ccc(C)c(NC(=O)CCC(=O)NNC(=O)C(C)Oc2ccc(Cl)cc2Br)c1. The number of rotatable bonds is 7. The topological polar surface area (TPSA) is 96.5 Å². The molecule has 9 heteroatoms. The van der Waals surface area contributed by atoms with Gasteiger partial charge in [0.15, 0.2) is 6.10 Å². The van der Waals surface area contributed by atoms with Gasteiger partial charge in [0.1, 0.15) is 5.75 Å². The van der Waals surface area contributed by atoms with Crippen molar-refractivity contribution in [2.75, 3.05) is 5.32 Å². The molecular formula is C21H23BrClN3O4. The van der Waals surface area contributed by atoms with E-state index in [-0.39, 0.29) is 18.7 Å². The third kappa shape index (κ3) is 7.35. The third-order valence-corrected chi connectivity index (χ3v) is 4.99. The number of hydrogen-bond donors (Lipinski definition) is 3. The molecule has 0 radical (unpaired) electrons. The number of amides is 3. The lowest BCUT2D eigenvalue weighted by Crippen LogP contribution is -2.47. The normalized spacial score (nSPS) is 11.4. The Bertz CT molecular complexity index is 952. The fourth-order valence-corrected chi connectivity index (χ4v) is 3.20. The lowest BCUT2D eigenvalue weighted by molar-refractivity contribution is -0.133. The Morgan fingerprint density at radius 3 is 2.43 bits per heavy atom. The second-order valence-electron chi connectivity index (χ2n) is 6.74. The molecule has 7 nitrogen and oxygen atoms in total. The summed E-state index contributed by atoms with van der Waals surface area (Å²) in [4.78, 5) is 36.1. The number of halogens is 2. The minimum Gasteiger partial charge on any atom is -0.480 e. The summed E-state index contributed by atoms with van der Waals surface area (Å²) in [7, 11) is 0. The van der Waals surface area contributed by atoms with Crippen LogP contribution in [0.5, 0.6) is 5.75 Å². The highest BCUT2D eigenvalue weighted by molar-refractivity contribution is 9.10. The maximum Gasteiger partial charge on any atom is 0.279 e. The van der Waals surface area contributed by atoms with Gasteiger partial charge in [-0.25, -0.2) is 0 Å². The van der Waals surface area contributed by atoms with Crippen molar-refractivity contribution in [3.05, 3.63) is 57.0 Å². The van der Waals surface area contributed by atoms with Crippen LogP contribution in [0.25, 0.3) is 0 Å². The molecule has 0 spiro atoms. The van der Waals surface area contributed by atoms with Crippen LogP contribution in [0.15, 0.2) is 40.9 Å². The van der Waals surface area contributed by atoms with Crippen LogP contribution in [0.2, 0.25) is 5.02 Å². The molecule has 2 aromatic carbocycles. The van der Waals surface area contributed by atoms with Gasteiger partial charge in [-0.15, -0.1) is 0 Å². The van der Waals surface area contributed by atoms with E-state index in [0.717, 1.165) is 11.1 Å². The molecule has 0 aliphatic rings. The van der Waals surface area contributed by atoms with Crippen molar-refractivity contribution in [1.29, 1.82) is 0 Å². The lowest BCUT2D eigenvalue weighted by Gasteiger charge is -2.16. The zero-order chi connectivity index (χ0) is 22.3. The molecule has 1 atom stereocenters. The van der Waals surface area contributed by atoms with Gasteiger partial charge in [0.05, 0.1) is 4.47 Å². The number of ether oxygens (including phenoxy) is 1. The molecular weight excluding hydrogens is 474 g/mol. The van der Waals surface area contributed by atoms with Gasteiger partial charge in [-0.05, 0) is 72.1 Å². The second kappa shape index (κ2) is 11.0. The summed E-state index contributed by atoms with van der Waals surface area (Å²) in [5.74, 6) is -0.865. The summed E-state index contributed by atoms with van der Waals surface area (Å²) >= 11 is 9.18. The number of nitrogens with one attached hydrogen (secondary N) is 3. The molecule has 0 bridgehead atoms. The number of aryl methyl sites for hydroxylation is 2. The van der Waals surface area contributed by atoms with Crippen LogP contribution in [-0.2, 0) is 14.4 Å². The molecule has 2 rings (SSSR count). The average molecular weight is 497 g/mol. The van der Waals surface area contributed by atoms with Crippen molar-refractivity contribution in [2.45, 2.75) is 39.7 Å². The number of hydrogen-bond acceptors (Lipinski definition) is 4. The van der Waals surface area contributed by atoms with E-state index < -0.39 is 17.9 Å². The van der Waals surface area contributed by atoms with Crippen LogP contribution < -0.4 is 20.9 Å². The molecule has 30 heavy (non-hydrogen) atoms. The molecule has 0 aliphatic carbocycles. The van der Waals surface area contributed by atoms with Gasteiger partial charge >= 0.3 is 0 Å². The van der Waals surface area contributed by atoms with E-state index in [4.69, 9.17) is 16.3 Å². The molecule has 3 amide bonds. The summed E-state index contributed by atoms with van der Waals surface area (Å²) in [6.07, 6.45) is -0.955. The molecule has 0 aromatic heterocycles. The summed E-state index contributed by atoms with van der Waals surface area (Å²) in [6, 6.07) is 10.7. The fraction of sp³-hybridized carbons (Fsp3) is 0.286. The Balaban J connectivity index is 1.74. The van der Waals surface area contributed by atoms with Crippen molar-refractivity contribution in [3.8, 4) is 5.75 Å². The maximum atomic E-state index is 12.1. The molecule has 1 unspecified atom stereocenters. The van der Waals surface area contributed by atoms with Gasteiger partial charge in [0, 0.05) is 23.6 Å². The highest BCUT2D eigenvalue weighted by atomic mass is 79.9. The second-order valence-corrected chi connectivity index (χ2v) is 8.03. The van der Waals surface area contributed by atoms with E-state index >= 15 is 0 Å². The Morgan fingerprint density at radius 2 is 1.73 bits per heavy atom. The van der Waals surface area contributed by atoms with Gasteiger partial charge in [0.2, 0.25) is 11.8 Å². The Morgan fingerprint density at radius 1 is 1.03 bits per heavy atom. The summed E-state index contributed by atoms with van der Waals surface area (Å²) < 4.78 is 6.15. The number of carbonyl (C=O) groups is 3.